The van der Waals surface area contributed by atoms with E-state index in [1.165, 1.54) is 12.8 Å². The molecule has 0 amide bonds. The maximum atomic E-state index is 3.97. The molecule has 1 N–H and O–H groups in total. The molecule has 1 unspecified atom stereocenters. The Hall–Kier alpha value is 0.592. The molecule has 0 aromatic heterocycles. The molecular weight excluding hydrogens is 272 g/mol. The number of rotatable bonds is 2. The van der Waals surface area contributed by atoms with Gasteiger partial charge in [0.2, 0.25) is 0 Å². The third-order valence-electron chi connectivity index (χ3n) is 4.69. The van der Waals surface area contributed by atoms with Crippen molar-refractivity contribution in [2.75, 3.05) is 0 Å². The van der Waals surface area contributed by atoms with Crippen LogP contribution >= 0.6 is 0 Å². The van der Waals surface area contributed by atoms with Gasteiger partial charge in [-0.3, -0.25) is 0 Å². The van der Waals surface area contributed by atoms with Crippen molar-refractivity contribution in [3.05, 3.63) is 35.4 Å². The maximum absolute atomic E-state index is 3.97. The number of hydrogen-bond donors (Lipinski definition) is 1. The van der Waals surface area contributed by atoms with Gasteiger partial charge in [-0.1, -0.05) is 51.2 Å². The quantitative estimate of drug-likeness (QED) is 0.807. The Balaban J connectivity index is 0.00000220. The predicted molar refractivity (Wildman–Crippen MR) is 103 cm³/mol. The van der Waals surface area contributed by atoms with Gasteiger partial charge in [0.1, 0.15) is 8.24 Å². The SMILES string of the molecule is CC(C)(C)N[Si](C)(C)C1CCC(C)(C)c2ccccc21.[Li].[Li]. The summed E-state index contributed by atoms with van der Waals surface area (Å²) in [7, 11) is -1.50. The normalized spacial score (nSPS) is 20.4. The van der Waals surface area contributed by atoms with E-state index in [2.05, 4.69) is 77.0 Å². The standard InChI is InChI=1S/C18H31NSi.2Li/c1-17(2,3)19-20(6,7)16-12-13-18(4,5)15-11-9-8-10-14(15)16;;/h8-11,16,19H,12-13H2,1-7H3;;. The molecule has 0 bridgehead atoms. The van der Waals surface area contributed by atoms with Crippen LogP contribution in [0.5, 0.6) is 0 Å². The zero-order chi connectivity index (χ0) is 15.2. The van der Waals surface area contributed by atoms with E-state index in [1.54, 1.807) is 11.1 Å². The molecule has 4 heteroatoms. The Labute approximate surface area is 162 Å². The average molecular weight is 303 g/mol. The van der Waals surface area contributed by atoms with E-state index < -0.39 is 8.24 Å². The van der Waals surface area contributed by atoms with E-state index in [-0.39, 0.29) is 43.3 Å². The van der Waals surface area contributed by atoms with Crippen LogP contribution in [0.1, 0.15) is 64.1 Å². The fraction of sp³-hybridized carbons (Fsp3) is 0.667. The van der Waals surface area contributed by atoms with E-state index in [1.807, 2.05) is 0 Å². The van der Waals surface area contributed by atoms with Crippen LogP contribution in [0.2, 0.25) is 13.1 Å². The molecule has 0 saturated heterocycles. The molecule has 0 saturated carbocycles. The predicted octanol–water partition coefficient (Wildman–Crippen LogP) is 4.21. The minimum absolute atomic E-state index is 0. The van der Waals surface area contributed by atoms with Gasteiger partial charge in [0, 0.05) is 43.3 Å². The molecule has 0 spiro atoms. The first-order chi connectivity index (χ1) is 9.03. The Morgan fingerprint density at radius 3 is 2.18 bits per heavy atom. The van der Waals surface area contributed by atoms with Crippen LogP contribution in [0.3, 0.4) is 0 Å². The van der Waals surface area contributed by atoms with Gasteiger partial charge in [-0.25, -0.2) is 0 Å². The number of fused-ring (bicyclic) bond motifs is 1. The Morgan fingerprint density at radius 1 is 1.09 bits per heavy atom. The fourth-order valence-corrected chi connectivity index (χ4v) is 8.02. The average Bonchev–Trinajstić information content (AvgIpc) is 2.25. The molecule has 1 aliphatic carbocycles. The maximum Gasteiger partial charge on any atom is 0.127 e. The van der Waals surface area contributed by atoms with Crippen molar-refractivity contribution in [2.45, 2.75) is 77.0 Å². The Bertz CT molecular complexity index is 492. The number of hydrogen-bond acceptors (Lipinski definition) is 1. The first-order valence-electron chi connectivity index (χ1n) is 7.92. The van der Waals surface area contributed by atoms with Crippen LogP contribution < -0.4 is 4.98 Å². The summed E-state index contributed by atoms with van der Waals surface area (Å²) in [6, 6.07) is 9.15. The van der Waals surface area contributed by atoms with Crippen LogP contribution in [0.15, 0.2) is 24.3 Å². The molecule has 2 radical (unpaired) electrons. The molecular formula is C18H31Li2NSi. The first-order valence-corrected chi connectivity index (χ1v) is 11.0. The van der Waals surface area contributed by atoms with Crippen LogP contribution in [0.25, 0.3) is 0 Å². The summed E-state index contributed by atoms with van der Waals surface area (Å²) in [6.45, 7) is 16.7. The summed E-state index contributed by atoms with van der Waals surface area (Å²) < 4.78 is 0. The van der Waals surface area contributed by atoms with Crippen LogP contribution in [-0.4, -0.2) is 51.5 Å². The fourth-order valence-electron chi connectivity index (χ4n) is 4.02. The van der Waals surface area contributed by atoms with E-state index in [4.69, 9.17) is 0 Å². The van der Waals surface area contributed by atoms with Gasteiger partial charge in [0.15, 0.2) is 0 Å². The minimum Gasteiger partial charge on any atom is -0.332 e. The van der Waals surface area contributed by atoms with Crippen LogP contribution in [0.4, 0.5) is 0 Å². The molecule has 22 heavy (non-hydrogen) atoms. The van der Waals surface area contributed by atoms with E-state index in [0.717, 1.165) is 5.54 Å². The molecule has 1 aliphatic rings. The second kappa shape index (κ2) is 7.65. The second-order valence-electron chi connectivity index (χ2n) is 8.66. The number of benzene rings is 1. The summed E-state index contributed by atoms with van der Waals surface area (Å²) in [5.41, 5.74) is 4.45. The third-order valence-corrected chi connectivity index (χ3v) is 8.43. The summed E-state index contributed by atoms with van der Waals surface area (Å²) in [4.78, 5) is 3.97. The zero-order valence-corrected chi connectivity index (χ0v) is 17.3. The van der Waals surface area contributed by atoms with Crippen LogP contribution in [0, 0.1) is 0 Å². The number of nitrogens with one attached hydrogen (secondary N) is 1. The van der Waals surface area contributed by atoms with Gasteiger partial charge in [0.25, 0.3) is 0 Å². The van der Waals surface area contributed by atoms with Crippen molar-refractivity contribution in [1.82, 2.24) is 4.98 Å². The van der Waals surface area contributed by atoms with E-state index in [9.17, 15) is 0 Å². The summed E-state index contributed by atoms with van der Waals surface area (Å²) in [5, 5.41) is 0. The van der Waals surface area contributed by atoms with Crippen molar-refractivity contribution < 1.29 is 0 Å². The Morgan fingerprint density at radius 2 is 1.64 bits per heavy atom. The molecule has 0 fully saturated rings. The summed E-state index contributed by atoms with van der Waals surface area (Å²) >= 11 is 0. The van der Waals surface area contributed by atoms with Crippen LogP contribution in [-0.2, 0) is 5.41 Å². The topological polar surface area (TPSA) is 12.0 Å². The first kappa shape index (κ1) is 22.6. The molecule has 0 aliphatic heterocycles. The van der Waals surface area contributed by atoms with Gasteiger partial charge in [-0.15, -0.1) is 0 Å². The largest absolute Gasteiger partial charge is 0.332 e. The van der Waals surface area contributed by atoms with Gasteiger partial charge < -0.3 is 4.98 Å². The smallest absolute Gasteiger partial charge is 0.127 e. The van der Waals surface area contributed by atoms with Crippen molar-refractivity contribution in [1.29, 1.82) is 0 Å². The molecule has 2 rings (SSSR count). The second-order valence-corrected chi connectivity index (χ2v) is 13.0. The van der Waals surface area contributed by atoms with E-state index in [0.29, 0.717) is 5.41 Å². The third kappa shape index (κ3) is 5.04. The van der Waals surface area contributed by atoms with Gasteiger partial charge in [-0.05, 0) is 55.7 Å². The monoisotopic (exact) mass is 303 g/mol. The molecule has 114 valence electrons. The molecule has 0 heterocycles. The summed E-state index contributed by atoms with van der Waals surface area (Å²) in [6.07, 6.45) is 2.63. The summed E-state index contributed by atoms with van der Waals surface area (Å²) in [5.74, 6) is 0. The molecule has 1 nitrogen and oxygen atoms in total. The van der Waals surface area contributed by atoms with E-state index >= 15 is 0 Å². The van der Waals surface area contributed by atoms with Crippen molar-refractivity contribution in [3.8, 4) is 0 Å². The molecule has 1 atom stereocenters. The molecule has 1 aromatic carbocycles. The Kier molecular flexibility index (Phi) is 7.86. The van der Waals surface area contributed by atoms with Gasteiger partial charge >= 0.3 is 0 Å². The van der Waals surface area contributed by atoms with Gasteiger partial charge in [0.05, 0.1) is 0 Å². The van der Waals surface area contributed by atoms with Gasteiger partial charge in [-0.2, -0.15) is 0 Å². The molecule has 1 aromatic rings. The van der Waals surface area contributed by atoms with Crippen molar-refractivity contribution >= 4 is 46.0 Å². The van der Waals surface area contributed by atoms with Crippen molar-refractivity contribution in [2.24, 2.45) is 0 Å². The van der Waals surface area contributed by atoms with Crippen molar-refractivity contribution in [3.63, 3.8) is 0 Å². The minimum atomic E-state index is -1.50. The zero-order valence-electron chi connectivity index (χ0n) is 16.3.